The lowest BCUT2D eigenvalue weighted by atomic mass is 10.1. The van der Waals surface area contributed by atoms with Crippen molar-refractivity contribution in [1.29, 1.82) is 0 Å². The van der Waals surface area contributed by atoms with Crippen LogP contribution in [-0.4, -0.2) is 60.3 Å². The van der Waals surface area contributed by atoms with Crippen LogP contribution in [0.25, 0.3) is 11.3 Å². The molecule has 2 saturated heterocycles. The van der Waals surface area contributed by atoms with E-state index in [1.165, 1.54) is 12.1 Å². The molecule has 1 N–H and O–H groups in total. The average molecular weight is 496 g/mol. The first-order valence-electron chi connectivity index (χ1n) is 12.2. The van der Waals surface area contributed by atoms with E-state index >= 15 is 0 Å². The predicted octanol–water partition coefficient (Wildman–Crippen LogP) is 5.08. The van der Waals surface area contributed by atoms with E-state index < -0.39 is 0 Å². The Morgan fingerprint density at radius 3 is 2.43 bits per heavy atom. The summed E-state index contributed by atoms with van der Waals surface area (Å²) in [5.41, 5.74) is 1.69. The van der Waals surface area contributed by atoms with E-state index in [0.717, 1.165) is 73.7 Å². The first kappa shape index (κ1) is 23.6. The Labute approximate surface area is 211 Å². The molecule has 1 unspecified atom stereocenters. The molecule has 0 bridgehead atoms. The molecule has 0 radical (unpaired) electrons. The molecule has 0 amide bonds. The minimum atomic E-state index is -0.254. The second-order valence-corrected chi connectivity index (χ2v) is 9.75. The van der Waals surface area contributed by atoms with Gasteiger partial charge in [-0.1, -0.05) is 11.6 Å². The molecule has 9 heteroatoms. The number of aromatic nitrogens is 3. The van der Waals surface area contributed by atoms with Crippen molar-refractivity contribution in [3.63, 3.8) is 0 Å². The predicted molar refractivity (Wildman–Crippen MR) is 141 cm³/mol. The Morgan fingerprint density at radius 2 is 1.74 bits per heavy atom. The van der Waals surface area contributed by atoms with E-state index in [4.69, 9.17) is 21.6 Å². The van der Waals surface area contributed by atoms with E-state index in [0.29, 0.717) is 11.1 Å². The molecule has 4 heterocycles. The SMILES string of the molecule is CNc1ccc(Cl)c(N2CCN(c3cc(-c4ccc(F)cc4)nc(N4CCCC4C)n3)[C@H](C)C2)n1. The molecular formula is C26H31ClFN7. The molecular weight excluding hydrogens is 465 g/mol. The number of hydrogen-bond acceptors (Lipinski definition) is 7. The summed E-state index contributed by atoms with van der Waals surface area (Å²) >= 11 is 6.50. The average Bonchev–Trinajstić information content (AvgIpc) is 3.30. The minimum absolute atomic E-state index is 0.180. The summed E-state index contributed by atoms with van der Waals surface area (Å²) in [6, 6.07) is 12.9. The number of rotatable bonds is 5. The zero-order chi connectivity index (χ0) is 24.5. The van der Waals surface area contributed by atoms with E-state index in [-0.39, 0.29) is 11.9 Å². The molecule has 0 spiro atoms. The molecule has 5 rings (SSSR count). The number of halogens is 2. The van der Waals surface area contributed by atoms with Crippen molar-refractivity contribution < 1.29 is 4.39 Å². The number of anilines is 4. The molecule has 2 atom stereocenters. The highest BCUT2D eigenvalue weighted by molar-refractivity contribution is 6.33. The lowest BCUT2D eigenvalue weighted by molar-refractivity contribution is 0.542. The van der Waals surface area contributed by atoms with Crippen molar-refractivity contribution in [2.24, 2.45) is 0 Å². The first-order valence-corrected chi connectivity index (χ1v) is 12.6. The summed E-state index contributed by atoms with van der Waals surface area (Å²) in [5.74, 6) is 2.97. The van der Waals surface area contributed by atoms with Crippen LogP contribution in [0.2, 0.25) is 5.02 Å². The van der Waals surface area contributed by atoms with Gasteiger partial charge in [0.05, 0.1) is 10.7 Å². The quantitative estimate of drug-likeness (QED) is 0.529. The topological polar surface area (TPSA) is 60.4 Å². The third-order valence-electron chi connectivity index (χ3n) is 6.96. The van der Waals surface area contributed by atoms with Crippen LogP contribution in [0.4, 0.5) is 27.8 Å². The van der Waals surface area contributed by atoms with Crippen molar-refractivity contribution in [2.75, 3.05) is 53.2 Å². The third-order valence-corrected chi connectivity index (χ3v) is 7.25. The Bertz CT molecular complexity index is 1190. The maximum absolute atomic E-state index is 13.6. The number of hydrogen-bond donors (Lipinski definition) is 1. The Morgan fingerprint density at radius 1 is 0.943 bits per heavy atom. The van der Waals surface area contributed by atoms with Gasteiger partial charge >= 0.3 is 0 Å². The Balaban J connectivity index is 1.46. The number of benzene rings is 1. The second kappa shape index (κ2) is 9.85. The van der Waals surface area contributed by atoms with Gasteiger partial charge in [-0.2, -0.15) is 4.98 Å². The van der Waals surface area contributed by atoms with Crippen molar-refractivity contribution in [1.82, 2.24) is 15.0 Å². The van der Waals surface area contributed by atoms with Crippen LogP contribution in [0.1, 0.15) is 26.7 Å². The van der Waals surface area contributed by atoms with Crippen molar-refractivity contribution >= 4 is 35.0 Å². The van der Waals surface area contributed by atoms with Crippen molar-refractivity contribution in [3.8, 4) is 11.3 Å². The molecule has 35 heavy (non-hydrogen) atoms. The standard InChI is InChI=1S/C26H31ClFN7/c1-17-5-4-12-35(17)26-30-22(19-6-8-20(28)9-7-19)15-24(32-26)34-14-13-33(16-18(34)2)25-21(27)10-11-23(29-3)31-25/h6-11,15,17-18H,4-5,12-14,16H2,1-3H3,(H,29,31)/t17?,18-/m1/s1. The normalized spacial score (nSPS) is 20.4. The summed E-state index contributed by atoms with van der Waals surface area (Å²) < 4.78 is 13.6. The van der Waals surface area contributed by atoms with E-state index in [9.17, 15) is 4.39 Å². The van der Waals surface area contributed by atoms with Gasteiger partial charge in [0.15, 0.2) is 0 Å². The largest absolute Gasteiger partial charge is 0.373 e. The third kappa shape index (κ3) is 4.85. The summed E-state index contributed by atoms with van der Waals surface area (Å²) in [7, 11) is 1.85. The molecule has 2 aliphatic heterocycles. The van der Waals surface area contributed by atoms with Crippen LogP contribution in [-0.2, 0) is 0 Å². The summed E-state index contributed by atoms with van der Waals surface area (Å²) in [6.45, 7) is 7.68. The van der Waals surface area contributed by atoms with Crippen LogP contribution in [0.5, 0.6) is 0 Å². The van der Waals surface area contributed by atoms with Gasteiger partial charge in [0.2, 0.25) is 5.95 Å². The van der Waals surface area contributed by atoms with Gasteiger partial charge in [0.1, 0.15) is 23.3 Å². The number of pyridine rings is 1. The fourth-order valence-electron chi connectivity index (χ4n) is 4.98. The fourth-order valence-corrected chi connectivity index (χ4v) is 5.20. The zero-order valence-corrected chi connectivity index (χ0v) is 21.1. The van der Waals surface area contributed by atoms with E-state index in [1.807, 2.05) is 25.2 Å². The Kier molecular flexibility index (Phi) is 6.65. The Hall–Kier alpha value is -3.13. The minimum Gasteiger partial charge on any atom is -0.373 e. The number of nitrogens with one attached hydrogen (secondary N) is 1. The van der Waals surface area contributed by atoms with E-state index in [1.54, 1.807) is 12.1 Å². The molecule has 2 aromatic heterocycles. The first-order chi connectivity index (χ1) is 16.9. The van der Waals surface area contributed by atoms with Crippen LogP contribution in [0.3, 0.4) is 0 Å². The van der Waals surface area contributed by atoms with Gasteiger partial charge in [-0.3, -0.25) is 0 Å². The second-order valence-electron chi connectivity index (χ2n) is 9.34. The van der Waals surface area contributed by atoms with Gasteiger partial charge < -0.3 is 20.0 Å². The molecule has 184 valence electrons. The lowest BCUT2D eigenvalue weighted by Gasteiger charge is -2.41. The molecule has 0 aliphatic carbocycles. The fraction of sp³-hybridized carbons (Fsp3) is 0.423. The highest BCUT2D eigenvalue weighted by Crippen LogP contribution is 2.32. The van der Waals surface area contributed by atoms with Gasteiger partial charge in [0, 0.05) is 56.9 Å². The van der Waals surface area contributed by atoms with Crippen molar-refractivity contribution in [3.05, 3.63) is 53.3 Å². The van der Waals surface area contributed by atoms with E-state index in [2.05, 4.69) is 38.8 Å². The summed E-state index contributed by atoms with van der Waals surface area (Å²) in [4.78, 5) is 21.4. The van der Waals surface area contributed by atoms with Crippen LogP contribution in [0.15, 0.2) is 42.5 Å². The monoisotopic (exact) mass is 495 g/mol. The highest BCUT2D eigenvalue weighted by Gasteiger charge is 2.29. The van der Waals surface area contributed by atoms with Gasteiger partial charge in [0.25, 0.3) is 0 Å². The maximum atomic E-state index is 13.6. The van der Waals surface area contributed by atoms with Crippen LogP contribution >= 0.6 is 11.6 Å². The molecule has 2 fully saturated rings. The van der Waals surface area contributed by atoms with Crippen LogP contribution in [0, 0.1) is 5.82 Å². The number of piperazine rings is 1. The molecule has 0 saturated carbocycles. The molecule has 7 nitrogen and oxygen atoms in total. The maximum Gasteiger partial charge on any atom is 0.228 e. The van der Waals surface area contributed by atoms with Gasteiger partial charge in [-0.15, -0.1) is 0 Å². The molecule has 3 aromatic rings. The molecule has 2 aliphatic rings. The van der Waals surface area contributed by atoms with Crippen molar-refractivity contribution in [2.45, 2.75) is 38.8 Å². The smallest absolute Gasteiger partial charge is 0.228 e. The zero-order valence-electron chi connectivity index (χ0n) is 20.4. The highest BCUT2D eigenvalue weighted by atomic mass is 35.5. The van der Waals surface area contributed by atoms with Gasteiger partial charge in [-0.25, -0.2) is 14.4 Å². The summed E-state index contributed by atoms with van der Waals surface area (Å²) in [5, 5.41) is 3.74. The summed E-state index contributed by atoms with van der Waals surface area (Å²) in [6.07, 6.45) is 2.27. The number of nitrogens with zero attached hydrogens (tertiary/aromatic N) is 6. The van der Waals surface area contributed by atoms with Gasteiger partial charge in [-0.05, 0) is 63.1 Å². The lowest BCUT2D eigenvalue weighted by Crippen LogP contribution is -2.53. The van der Waals surface area contributed by atoms with Crippen LogP contribution < -0.4 is 20.0 Å². The molecule has 1 aromatic carbocycles.